The average molecular weight is 262 g/mol. The highest BCUT2D eigenvalue weighted by atomic mass is 16.3. The minimum atomic E-state index is -0.494. The van der Waals surface area contributed by atoms with Crippen molar-refractivity contribution in [2.75, 3.05) is 19.6 Å². The standard InChI is InChI=1S/C15H22N2O2/c1-12-5-2-3-6-13(12)9-16-10-14(18)11-17-8-4-7-15(17)19/h2-3,5-6,14,16,18H,4,7-11H2,1H3/t14-/m0/s1. The van der Waals surface area contributed by atoms with Crippen LogP contribution in [0.15, 0.2) is 24.3 Å². The maximum absolute atomic E-state index is 11.4. The minimum Gasteiger partial charge on any atom is -0.390 e. The Kier molecular flexibility index (Phi) is 4.93. The first kappa shape index (κ1) is 14.0. The van der Waals surface area contributed by atoms with Crippen molar-refractivity contribution in [1.29, 1.82) is 0 Å². The molecule has 0 aliphatic carbocycles. The summed E-state index contributed by atoms with van der Waals surface area (Å²) in [4.78, 5) is 13.2. The molecule has 4 nitrogen and oxygen atoms in total. The zero-order chi connectivity index (χ0) is 13.7. The van der Waals surface area contributed by atoms with Gasteiger partial charge in [0.1, 0.15) is 0 Å². The molecule has 0 unspecified atom stereocenters. The van der Waals surface area contributed by atoms with Crippen LogP contribution in [0.4, 0.5) is 0 Å². The second-order valence-corrected chi connectivity index (χ2v) is 5.15. The van der Waals surface area contributed by atoms with E-state index in [2.05, 4.69) is 24.4 Å². The molecule has 1 aromatic rings. The molecule has 0 bridgehead atoms. The first-order valence-electron chi connectivity index (χ1n) is 6.88. The predicted molar refractivity (Wildman–Crippen MR) is 74.7 cm³/mol. The van der Waals surface area contributed by atoms with Crippen LogP contribution in [0.3, 0.4) is 0 Å². The molecule has 1 aromatic carbocycles. The monoisotopic (exact) mass is 262 g/mol. The zero-order valence-corrected chi connectivity index (χ0v) is 11.4. The third-order valence-corrected chi connectivity index (χ3v) is 3.56. The van der Waals surface area contributed by atoms with Crippen molar-refractivity contribution < 1.29 is 9.90 Å². The number of aliphatic hydroxyl groups excluding tert-OH is 1. The summed E-state index contributed by atoms with van der Waals surface area (Å²) < 4.78 is 0. The van der Waals surface area contributed by atoms with Crippen LogP contribution in [-0.2, 0) is 11.3 Å². The molecule has 1 atom stereocenters. The van der Waals surface area contributed by atoms with Gasteiger partial charge in [0.25, 0.3) is 0 Å². The molecule has 1 heterocycles. The van der Waals surface area contributed by atoms with E-state index in [1.54, 1.807) is 4.90 Å². The van der Waals surface area contributed by atoms with Crippen molar-refractivity contribution in [3.8, 4) is 0 Å². The Balaban J connectivity index is 1.70. The summed E-state index contributed by atoms with van der Waals surface area (Å²) in [7, 11) is 0. The number of carbonyl (C=O) groups excluding carboxylic acids is 1. The van der Waals surface area contributed by atoms with Crippen LogP contribution in [0.2, 0.25) is 0 Å². The number of hydrogen-bond donors (Lipinski definition) is 2. The molecule has 2 N–H and O–H groups in total. The van der Waals surface area contributed by atoms with Crippen molar-refractivity contribution in [3.63, 3.8) is 0 Å². The van der Waals surface area contributed by atoms with Gasteiger partial charge in [0.2, 0.25) is 5.91 Å². The third-order valence-electron chi connectivity index (χ3n) is 3.56. The van der Waals surface area contributed by atoms with Crippen LogP contribution < -0.4 is 5.32 Å². The first-order valence-corrected chi connectivity index (χ1v) is 6.88. The summed E-state index contributed by atoms with van der Waals surface area (Å²) >= 11 is 0. The molecule has 1 amide bonds. The Morgan fingerprint density at radius 3 is 2.89 bits per heavy atom. The fraction of sp³-hybridized carbons (Fsp3) is 0.533. The van der Waals surface area contributed by atoms with Crippen LogP contribution in [0.1, 0.15) is 24.0 Å². The lowest BCUT2D eigenvalue weighted by Crippen LogP contribution is -2.38. The van der Waals surface area contributed by atoms with Gasteiger partial charge in [0.15, 0.2) is 0 Å². The highest BCUT2D eigenvalue weighted by Crippen LogP contribution is 2.10. The molecular formula is C15H22N2O2. The number of nitrogens with zero attached hydrogens (tertiary/aromatic N) is 1. The SMILES string of the molecule is Cc1ccccc1CNC[C@H](O)CN1CCCC1=O. The van der Waals surface area contributed by atoms with Gasteiger partial charge >= 0.3 is 0 Å². The van der Waals surface area contributed by atoms with Gasteiger partial charge in [0.05, 0.1) is 6.10 Å². The fourth-order valence-electron chi connectivity index (χ4n) is 2.40. The molecule has 4 heteroatoms. The number of nitrogens with one attached hydrogen (secondary N) is 1. The molecule has 1 saturated heterocycles. The van der Waals surface area contributed by atoms with Gasteiger partial charge < -0.3 is 15.3 Å². The van der Waals surface area contributed by atoms with E-state index in [9.17, 15) is 9.90 Å². The first-order chi connectivity index (χ1) is 9.16. The van der Waals surface area contributed by atoms with E-state index >= 15 is 0 Å². The van der Waals surface area contributed by atoms with Crippen LogP contribution >= 0.6 is 0 Å². The number of β-amino-alcohol motifs (C(OH)–C–C–N with tert-alkyl or cyclic N) is 1. The molecule has 1 aliphatic rings. The summed E-state index contributed by atoms with van der Waals surface area (Å²) in [6.45, 7) is 4.57. The van der Waals surface area contributed by atoms with Gasteiger partial charge in [0, 0.05) is 32.6 Å². The highest BCUT2D eigenvalue weighted by Gasteiger charge is 2.22. The topological polar surface area (TPSA) is 52.6 Å². The molecule has 1 aliphatic heterocycles. The third kappa shape index (κ3) is 4.04. The van der Waals surface area contributed by atoms with Gasteiger partial charge in [-0.2, -0.15) is 0 Å². The van der Waals surface area contributed by atoms with E-state index in [1.807, 2.05) is 12.1 Å². The Bertz CT molecular complexity index is 434. The maximum Gasteiger partial charge on any atom is 0.222 e. The van der Waals surface area contributed by atoms with Gasteiger partial charge in [-0.15, -0.1) is 0 Å². The van der Waals surface area contributed by atoms with Crippen molar-refractivity contribution in [2.45, 2.75) is 32.4 Å². The molecule has 0 aromatic heterocycles. The van der Waals surface area contributed by atoms with E-state index in [4.69, 9.17) is 0 Å². The van der Waals surface area contributed by atoms with Crippen molar-refractivity contribution in [1.82, 2.24) is 10.2 Å². The van der Waals surface area contributed by atoms with E-state index < -0.39 is 6.10 Å². The summed E-state index contributed by atoms with van der Waals surface area (Å²) in [5, 5.41) is 13.2. The predicted octanol–water partition coefficient (Wildman–Crippen LogP) is 1.07. The van der Waals surface area contributed by atoms with Crippen LogP contribution in [0, 0.1) is 6.92 Å². The summed E-state index contributed by atoms with van der Waals surface area (Å²) in [5.74, 6) is 0.165. The van der Waals surface area contributed by atoms with E-state index in [1.165, 1.54) is 11.1 Å². The van der Waals surface area contributed by atoms with Crippen molar-refractivity contribution >= 4 is 5.91 Å². The number of amides is 1. The quantitative estimate of drug-likeness (QED) is 0.806. The molecule has 1 fully saturated rings. The lowest BCUT2D eigenvalue weighted by Gasteiger charge is -2.20. The number of benzene rings is 1. The van der Waals surface area contributed by atoms with Gasteiger partial charge in [-0.25, -0.2) is 0 Å². The number of likely N-dealkylation sites (tertiary alicyclic amines) is 1. The molecular weight excluding hydrogens is 240 g/mol. The van der Waals surface area contributed by atoms with E-state index in [-0.39, 0.29) is 5.91 Å². The Morgan fingerprint density at radius 1 is 1.42 bits per heavy atom. The maximum atomic E-state index is 11.4. The highest BCUT2D eigenvalue weighted by molar-refractivity contribution is 5.78. The number of rotatable bonds is 6. The fourth-order valence-corrected chi connectivity index (χ4v) is 2.40. The van der Waals surface area contributed by atoms with Gasteiger partial charge in [-0.1, -0.05) is 24.3 Å². The zero-order valence-electron chi connectivity index (χ0n) is 11.4. The molecule has 104 valence electrons. The lowest BCUT2D eigenvalue weighted by molar-refractivity contribution is -0.128. The molecule has 0 spiro atoms. The van der Waals surface area contributed by atoms with Crippen molar-refractivity contribution in [3.05, 3.63) is 35.4 Å². The van der Waals surface area contributed by atoms with Gasteiger partial charge in [-0.05, 0) is 24.5 Å². The molecule has 0 saturated carbocycles. The molecule has 0 radical (unpaired) electrons. The number of aryl methyl sites for hydroxylation is 1. The van der Waals surface area contributed by atoms with Gasteiger partial charge in [-0.3, -0.25) is 4.79 Å². The Hall–Kier alpha value is -1.39. The van der Waals surface area contributed by atoms with E-state index in [0.717, 1.165) is 19.5 Å². The minimum absolute atomic E-state index is 0.165. The van der Waals surface area contributed by atoms with Crippen LogP contribution in [0.25, 0.3) is 0 Å². The molecule has 19 heavy (non-hydrogen) atoms. The van der Waals surface area contributed by atoms with Crippen molar-refractivity contribution in [2.24, 2.45) is 0 Å². The summed E-state index contributed by atoms with van der Waals surface area (Å²) in [5.41, 5.74) is 2.49. The van der Waals surface area contributed by atoms with Crippen LogP contribution in [-0.4, -0.2) is 41.7 Å². The Labute approximate surface area is 114 Å². The number of carbonyl (C=O) groups is 1. The lowest BCUT2D eigenvalue weighted by atomic mass is 10.1. The summed E-state index contributed by atoms with van der Waals surface area (Å²) in [6, 6.07) is 8.20. The average Bonchev–Trinajstić information content (AvgIpc) is 2.77. The smallest absolute Gasteiger partial charge is 0.222 e. The number of aliphatic hydroxyl groups is 1. The van der Waals surface area contributed by atoms with E-state index in [0.29, 0.717) is 19.5 Å². The van der Waals surface area contributed by atoms with Crippen LogP contribution in [0.5, 0.6) is 0 Å². The molecule has 2 rings (SSSR count). The normalized spacial score (nSPS) is 16.9. The Morgan fingerprint density at radius 2 is 2.21 bits per heavy atom. The number of hydrogen-bond acceptors (Lipinski definition) is 3. The largest absolute Gasteiger partial charge is 0.390 e. The second-order valence-electron chi connectivity index (χ2n) is 5.15. The summed E-state index contributed by atoms with van der Waals surface area (Å²) in [6.07, 6.45) is 1.05. The second kappa shape index (κ2) is 6.68.